The lowest BCUT2D eigenvalue weighted by atomic mass is 9.94. The lowest BCUT2D eigenvalue weighted by Crippen LogP contribution is -2.29. The summed E-state index contributed by atoms with van der Waals surface area (Å²) in [5.74, 6) is -5.74. The molecule has 376 valence electrons. The number of aromatic nitrogens is 4. The van der Waals surface area contributed by atoms with E-state index in [-0.39, 0.29) is 81.4 Å². The van der Waals surface area contributed by atoms with E-state index in [0.717, 1.165) is 18.2 Å². The van der Waals surface area contributed by atoms with Crippen molar-refractivity contribution in [3.8, 4) is 73.7 Å². The number of carbonyl (C=O) groups excluding carboxylic acids is 1. The number of carboxylic acids is 1. The van der Waals surface area contributed by atoms with Crippen molar-refractivity contribution in [3.05, 3.63) is 159 Å². The third-order valence-corrected chi connectivity index (χ3v) is 11.8. The van der Waals surface area contributed by atoms with Crippen LogP contribution in [0.1, 0.15) is 33.4 Å². The van der Waals surface area contributed by atoms with Crippen molar-refractivity contribution in [2.45, 2.75) is 39.3 Å². The van der Waals surface area contributed by atoms with E-state index in [4.69, 9.17) is 30.5 Å². The number of carbonyl (C=O) groups is 2. The number of ether oxygens (including phenoxy) is 1. The first kappa shape index (κ1) is 51.5. The average molecular weight is 1030 g/mol. The minimum absolute atomic E-state index is 0.000858. The molecule has 2 heterocycles. The molecule has 0 saturated heterocycles. The minimum Gasteiger partial charge on any atom is -0.480 e. The highest BCUT2D eigenvalue weighted by Gasteiger charge is 2.36. The molecule has 0 radical (unpaired) electrons. The van der Waals surface area contributed by atoms with E-state index in [1.807, 2.05) is 0 Å². The van der Waals surface area contributed by atoms with Gasteiger partial charge in [-0.3, -0.25) is 19.4 Å². The van der Waals surface area contributed by atoms with Gasteiger partial charge < -0.3 is 18.9 Å². The summed E-state index contributed by atoms with van der Waals surface area (Å²) in [4.78, 5) is 35.4. The number of halogens is 9. The lowest BCUT2D eigenvalue weighted by molar-refractivity contribution is -0.138. The first-order chi connectivity index (χ1) is 34.5. The maximum Gasteiger partial charge on any atom is 0.417 e. The second-order valence-corrected chi connectivity index (χ2v) is 17.5. The van der Waals surface area contributed by atoms with E-state index < -0.39 is 65.0 Å². The first-order valence-electron chi connectivity index (χ1n) is 21.9. The summed E-state index contributed by atoms with van der Waals surface area (Å²) in [6.07, 6.45) is -9.65. The number of hydrogen-bond donors (Lipinski definition) is 1. The number of rotatable bonds is 15. The van der Waals surface area contributed by atoms with Gasteiger partial charge in [-0.25, -0.2) is 8.78 Å². The Kier molecular flexibility index (Phi) is 14.6. The zero-order valence-corrected chi connectivity index (χ0v) is 39.6. The molecule has 12 nitrogen and oxygen atoms in total. The molecule has 8 rings (SSSR count). The van der Waals surface area contributed by atoms with Crippen LogP contribution in [0.15, 0.2) is 118 Å². The summed E-state index contributed by atoms with van der Waals surface area (Å²) < 4.78 is 134. The second-order valence-electron chi connectivity index (χ2n) is 17.1. The van der Waals surface area contributed by atoms with Crippen LogP contribution in [0.3, 0.4) is 0 Å². The molecule has 21 heteroatoms. The van der Waals surface area contributed by atoms with E-state index >= 15 is 8.78 Å². The molecule has 2 aromatic heterocycles. The molecular weight excluding hydrogens is 992 g/mol. The van der Waals surface area contributed by atoms with Crippen LogP contribution in [0, 0.1) is 25.5 Å². The number of esters is 1. The quantitative estimate of drug-likeness (QED) is 0.0592. The molecule has 0 saturated carbocycles. The Balaban J connectivity index is 0.938. The second kappa shape index (κ2) is 20.7. The molecule has 0 aliphatic heterocycles. The van der Waals surface area contributed by atoms with Crippen LogP contribution in [0.4, 0.5) is 35.1 Å². The van der Waals surface area contributed by atoms with Gasteiger partial charge in [-0.05, 0) is 121 Å². The SMILES string of the molecule is Cc1ccccc1-c1ccc(-c2nc(-c3ccc(CN(C)CC(=O)Oc4ccc(C)c(-c5ccc(-c6nc(-c7ccc(CN(C)CC(=O)O)cc7Cl)no6)cc5C(F)(F)F)c4)c(F)c3F)no2)cc1C(F)(F)F. The highest BCUT2D eigenvalue weighted by Crippen LogP contribution is 2.43. The summed E-state index contributed by atoms with van der Waals surface area (Å²) in [5, 5.41) is 16.8. The number of benzene rings is 6. The van der Waals surface area contributed by atoms with Gasteiger partial charge in [0.25, 0.3) is 11.8 Å². The van der Waals surface area contributed by atoms with Gasteiger partial charge in [-0.2, -0.15) is 36.3 Å². The molecule has 8 aromatic rings. The van der Waals surface area contributed by atoms with Crippen LogP contribution in [-0.4, -0.2) is 74.3 Å². The zero-order valence-electron chi connectivity index (χ0n) is 38.8. The summed E-state index contributed by atoms with van der Waals surface area (Å²) >= 11 is 6.48. The molecule has 0 atom stereocenters. The van der Waals surface area contributed by atoms with Crippen molar-refractivity contribution < 1.29 is 63.6 Å². The van der Waals surface area contributed by atoms with Gasteiger partial charge in [-0.1, -0.05) is 76.5 Å². The molecule has 0 fully saturated rings. The van der Waals surface area contributed by atoms with Gasteiger partial charge in [0.15, 0.2) is 11.6 Å². The lowest BCUT2D eigenvalue weighted by Gasteiger charge is -2.18. The summed E-state index contributed by atoms with van der Waals surface area (Å²) in [5.41, 5.74) is -0.670. The van der Waals surface area contributed by atoms with Gasteiger partial charge in [0, 0.05) is 35.3 Å². The Morgan fingerprint density at radius 2 is 1.16 bits per heavy atom. The summed E-state index contributed by atoms with van der Waals surface area (Å²) in [6.45, 7) is 2.53. The number of aliphatic carboxylic acids is 1. The molecule has 73 heavy (non-hydrogen) atoms. The standard InChI is InChI=1S/C52H39ClF8N6O6/c1-27-7-5-6-8-34(27)35-16-11-30(20-40(35)51(56,57)58)50-63-48(65-73-50)38-18-13-32(45(54)46(38)55)24-67(4)26-44(70)71-33-14-9-28(2)39(22-33)36-17-12-31(21-41(36)52(59,60)61)49-62-47(64-72-49)37-15-10-29(19-42(37)53)23-66(3)25-43(68)69/h5-22H,23-26H2,1-4H3,(H,68,69). The molecule has 0 spiro atoms. The summed E-state index contributed by atoms with van der Waals surface area (Å²) in [7, 11) is 3.04. The van der Waals surface area contributed by atoms with Crippen molar-refractivity contribution in [2.75, 3.05) is 27.2 Å². The van der Waals surface area contributed by atoms with Gasteiger partial charge in [-0.15, -0.1) is 0 Å². The number of likely N-dealkylation sites (N-methyl/N-ethyl adjacent to an activating group) is 2. The van der Waals surface area contributed by atoms with Gasteiger partial charge >= 0.3 is 24.3 Å². The minimum atomic E-state index is -4.89. The van der Waals surface area contributed by atoms with Crippen molar-refractivity contribution in [2.24, 2.45) is 0 Å². The third-order valence-electron chi connectivity index (χ3n) is 11.5. The first-order valence-corrected chi connectivity index (χ1v) is 22.2. The fraction of sp³-hybridized carbons (Fsp3) is 0.192. The van der Waals surface area contributed by atoms with E-state index in [1.165, 1.54) is 60.5 Å². The molecule has 0 unspecified atom stereocenters. The molecular formula is C52H39ClF8N6O6. The smallest absolute Gasteiger partial charge is 0.417 e. The van der Waals surface area contributed by atoms with Crippen LogP contribution in [-0.2, 0) is 35.0 Å². The van der Waals surface area contributed by atoms with Crippen molar-refractivity contribution >= 4 is 23.5 Å². The molecule has 0 bridgehead atoms. The predicted octanol–water partition coefficient (Wildman–Crippen LogP) is 12.6. The van der Waals surface area contributed by atoms with E-state index in [1.54, 1.807) is 68.3 Å². The highest BCUT2D eigenvalue weighted by atomic mass is 35.5. The number of hydrogen-bond acceptors (Lipinski definition) is 11. The van der Waals surface area contributed by atoms with Crippen LogP contribution in [0.2, 0.25) is 5.02 Å². The van der Waals surface area contributed by atoms with Gasteiger partial charge in [0.2, 0.25) is 11.6 Å². The molecule has 6 aromatic carbocycles. The van der Waals surface area contributed by atoms with E-state index in [9.17, 15) is 35.9 Å². The third kappa shape index (κ3) is 11.6. The van der Waals surface area contributed by atoms with E-state index in [2.05, 4.69) is 20.3 Å². The Labute approximate surface area is 415 Å². The Morgan fingerprint density at radius 3 is 1.75 bits per heavy atom. The van der Waals surface area contributed by atoms with Crippen LogP contribution < -0.4 is 4.74 Å². The number of alkyl halides is 6. The maximum atomic E-state index is 15.6. The molecule has 0 aliphatic rings. The Bertz CT molecular complexity index is 3390. The zero-order chi connectivity index (χ0) is 52.5. The number of carboxylic acid groups (broad SMARTS) is 1. The molecule has 0 aliphatic carbocycles. The Hall–Kier alpha value is -7.81. The van der Waals surface area contributed by atoms with Gasteiger partial charge in [0.05, 0.1) is 34.8 Å². The number of aryl methyl sites for hydroxylation is 2. The average Bonchev–Trinajstić information content (AvgIpc) is 4.02. The predicted molar refractivity (Wildman–Crippen MR) is 252 cm³/mol. The Morgan fingerprint density at radius 1 is 0.616 bits per heavy atom. The van der Waals surface area contributed by atoms with Crippen molar-refractivity contribution in [1.82, 2.24) is 30.1 Å². The van der Waals surface area contributed by atoms with Crippen LogP contribution >= 0.6 is 11.6 Å². The van der Waals surface area contributed by atoms with Crippen molar-refractivity contribution in [1.29, 1.82) is 0 Å². The topological polar surface area (TPSA) is 148 Å². The summed E-state index contributed by atoms with van der Waals surface area (Å²) in [6, 6.07) is 24.8. The maximum absolute atomic E-state index is 15.6. The van der Waals surface area contributed by atoms with Crippen molar-refractivity contribution in [3.63, 3.8) is 0 Å². The monoisotopic (exact) mass is 1030 g/mol. The fourth-order valence-corrected chi connectivity index (χ4v) is 8.36. The van der Waals surface area contributed by atoms with Crippen LogP contribution in [0.25, 0.3) is 67.9 Å². The largest absolute Gasteiger partial charge is 0.480 e. The number of nitrogens with zero attached hydrogens (tertiary/aromatic N) is 6. The molecule has 0 amide bonds. The molecule has 1 N–H and O–H groups in total. The van der Waals surface area contributed by atoms with Crippen LogP contribution in [0.5, 0.6) is 5.75 Å². The normalized spacial score (nSPS) is 12.0. The fourth-order valence-electron chi connectivity index (χ4n) is 8.08. The highest BCUT2D eigenvalue weighted by molar-refractivity contribution is 6.33. The van der Waals surface area contributed by atoms with E-state index in [0.29, 0.717) is 27.8 Å². The van der Waals surface area contributed by atoms with Gasteiger partial charge in [0.1, 0.15) is 5.75 Å².